The highest BCUT2D eigenvalue weighted by atomic mass is 19.1. The maximum Gasteiger partial charge on any atom is 0.255 e. The standard InChI is InChI=1S/C17H18FN3O2/c1-11-15(9-13-3-4-14(18)10-16(13)19-11)17(23)21-7-5-20(6-8-21)12(2)22/h3-4,9-10H,5-8H2,1-2H3. The largest absolute Gasteiger partial charge is 0.339 e. The number of carbonyl (C=O) groups excluding carboxylic acids is 2. The number of pyridine rings is 1. The number of halogens is 1. The molecule has 0 radical (unpaired) electrons. The number of aromatic nitrogens is 1. The Morgan fingerprint density at radius 1 is 1.09 bits per heavy atom. The molecule has 0 saturated carbocycles. The van der Waals surface area contributed by atoms with Crippen molar-refractivity contribution in [3.63, 3.8) is 0 Å². The van der Waals surface area contributed by atoms with Crippen molar-refractivity contribution in [2.75, 3.05) is 26.2 Å². The van der Waals surface area contributed by atoms with Gasteiger partial charge in [0.15, 0.2) is 0 Å². The summed E-state index contributed by atoms with van der Waals surface area (Å²) in [6, 6.07) is 6.11. The maximum atomic E-state index is 13.3. The van der Waals surface area contributed by atoms with E-state index in [2.05, 4.69) is 4.98 Å². The van der Waals surface area contributed by atoms with Gasteiger partial charge in [-0.15, -0.1) is 0 Å². The van der Waals surface area contributed by atoms with E-state index < -0.39 is 0 Å². The Morgan fingerprint density at radius 2 is 1.74 bits per heavy atom. The molecule has 0 atom stereocenters. The molecule has 0 bridgehead atoms. The molecule has 3 rings (SSSR count). The quantitative estimate of drug-likeness (QED) is 0.808. The minimum Gasteiger partial charge on any atom is -0.339 e. The Labute approximate surface area is 133 Å². The van der Waals surface area contributed by atoms with Crippen LogP contribution in [0.4, 0.5) is 4.39 Å². The van der Waals surface area contributed by atoms with Crippen molar-refractivity contribution in [2.45, 2.75) is 13.8 Å². The van der Waals surface area contributed by atoms with Gasteiger partial charge in [0.05, 0.1) is 16.8 Å². The first kappa shape index (κ1) is 15.4. The van der Waals surface area contributed by atoms with Crippen LogP contribution in [0.3, 0.4) is 0 Å². The first-order valence-corrected chi connectivity index (χ1v) is 7.57. The predicted molar refractivity (Wildman–Crippen MR) is 84.6 cm³/mol. The van der Waals surface area contributed by atoms with E-state index in [1.165, 1.54) is 19.1 Å². The van der Waals surface area contributed by atoms with Gasteiger partial charge in [-0.05, 0) is 25.1 Å². The maximum absolute atomic E-state index is 13.3. The lowest BCUT2D eigenvalue weighted by Crippen LogP contribution is -2.50. The SMILES string of the molecule is CC(=O)N1CCN(C(=O)c2cc3ccc(F)cc3nc2C)CC1. The molecule has 1 aliphatic rings. The Bertz CT molecular complexity index is 783. The van der Waals surface area contributed by atoms with Crippen molar-refractivity contribution in [3.05, 3.63) is 41.3 Å². The summed E-state index contributed by atoms with van der Waals surface area (Å²) in [4.78, 5) is 31.9. The molecule has 0 N–H and O–H groups in total. The second-order valence-corrected chi connectivity index (χ2v) is 5.76. The number of piperazine rings is 1. The van der Waals surface area contributed by atoms with Gasteiger partial charge < -0.3 is 9.80 Å². The molecular formula is C17H18FN3O2. The summed E-state index contributed by atoms with van der Waals surface area (Å²) in [7, 11) is 0. The molecule has 5 nitrogen and oxygen atoms in total. The van der Waals surface area contributed by atoms with Gasteiger partial charge in [0.25, 0.3) is 5.91 Å². The molecule has 0 spiro atoms. The normalized spacial score (nSPS) is 15.1. The molecule has 120 valence electrons. The van der Waals surface area contributed by atoms with Crippen molar-refractivity contribution >= 4 is 22.7 Å². The average Bonchev–Trinajstić information content (AvgIpc) is 2.53. The number of amides is 2. The zero-order chi connectivity index (χ0) is 16.6. The zero-order valence-corrected chi connectivity index (χ0v) is 13.2. The minimum atomic E-state index is -0.344. The van der Waals surface area contributed by atoms with Gasteiger partial charge in [-0.1, -0.05) is 0 Å². The molecule has 23 heavy (non-hydrogen) atoms. The summed E-state index contributed by atoms with van der Waals surface area (Å²) in [6.45, 7) is 5.41. The zero-order valence-electron chi connectivity index (χ0n) is 13.2. The molecule has 6 heteroatoms. The van der Waals surface area contributed by atoms with Crippen molar-refractivity contribution in [2.24, 2.45) is 0 Å². The van der Waals surface area contributed by atoms with E-state index in [0.717, 1.165) is 5.39 Å². The number of nitrogens with zero attached hydrogens (tertiary/aromatic N) is 3. The molecule has 1 aromatic heterocycles. The van der Waals surface area contributed by atoms with Crippen LogP contribution in [0.2, 0.25) is 0 Å². The van der Waals surface area contributed by atoms with Crippen LogP contribution in [0.15, 0.2) is 24.3 Å². The summed E-state index contributed by atoms with van der Waals surface area (Å²) >= 11 is 0. The van der Waals surface area contributed by atoms with Crippen LogP contribution in [0, 0.1) is 12.7 Å². The first-order chi connectivity index (χ1) is 11.0. The lowest BCUT2D eigenvalue weighted by Gasteiger charge is -2.34. The molecule has 1 aliphatic heterocycles. The van der Waals surface area contributed by atoms with Gasteiger partial charge in [0, 0.05) is 44.6 Å². The summed E-state index contributed by atoms with van der Waals surface area (Å²) in [6.07, 6.45) is 0. The van der Waals surface area contributed by atoms with E-state index in [-0.39, 0.29) is 17.6 Å². The predicted octanol–water partition coefficient (Wildman–Crippen LogP) is 1.99. The van der Waals surface area contributed by atoms with Crippen LogP contribution in [0.5, 0.6) is 0 Å². The summed E-state index contributed by atoms with van der Waals surface area (Å²) < 4.78 is 13.3. The summed E-state index contributed by atoms with van der Waals surface area (Å²) in [5.41, 5.74) is 1.66. The molecule has 1 aromatic carbocycles. The third-order valence-electron chi connectivity index (χ3n) is 4.21. The van der Waals surface area contributed by atoms with Crippen LogP contribution in [0.25, 0.3) is 10.9 Å². The fourth-order valence-corrected chi connectivity index (χ4v) is 2.85. The van der Waals surface area contributed by atoms with Gasteiger partial charge in [0.2, 0.25) is 5.91 Å². The second-order valence-electron chi connectivity index (χ2n) is 5.76. The van der Waals surface area contributed by atoms with Crippen molar-refractivity contribution in [1.29, 1.82) is 0 Å². The number of fused-ring (bicyclic) bond motifs is 1. The number of hydrogen-bond acceptors (Lipinski definition) is 3. The Hall–Kier alpha value is -2.50. The van der Waals surface area contributed by atoms with Crippen molar-refractivity contribution < 1.29 is 14.0 Å². The van der Waals surface area contributed by atoms with Gasteiger partial charge in [-0.3, -0.25) is 14.6 Å². The van der Waals surface area contributed by atoms with Crippen LogP contribution >= 0.6 is 0 Å². The Kier molecular flexibility index (Phi) is 3.98. The molecule has 0 unspecified atom stereocenters. The van der Waals surface area contributed by atoms with E-state index >= 15 is 0 Å². The monoisotopic (exact) mass is 315 g/mol. The van der Waals surface area contributed by atoms with Gasteiger partial charge in [-0.25, -0.2) is 4.39 Å². The molecule has 2 amide bonds. The lowest BCUT2D eigenvalue weighted by molar-refractivity contribution is -0.130. The molecule has 2 aromatic rings. The van der Waals surface area contributed by atoms with Crippen molar-refractivity contribution in [1.82, 2.24) is 14.8 Å². The van der Waals surface area contributed by atoms with Crippen LogP contribution in [-0.2, 0) is 4.79 Å². The molecular weight excluding hydrogens is 297 g/mol. The summed E-state index contributed by atoms with van der Waals surface area (Å²) in [5.74, 6) is -0.407. The van der Waals surface area contributed by atoms with Crippen LogP contribution in [0.1, 0.15) is 23.0 Å². The topological polar surface area (TPSA) is 53.5 Å². The minimum absolute atomic E-state index is 0.0303. The van der Waals surface area contributed by atoms with E-state index in [0.29, 0.717) is 43.0 Å². The number of rotatable bonds is 1. The smallest absolute Gasteiger partial charge is 0.255 e. The average molecular weight is 315 g/mol. The van der Waals surface area contributed by atoms with E-state index in [1.807, 2.05) is 0 Å². The Morgan fingerprint density at radius 3 is 2.39 bits per heavy atom. The van der Waals surface area contributed by atoms with Crippen LogP contribution in [-0.4, -0.2) is 52.8 Å². The number of carbonyl (C=O) groups is 2. The number of aryl methyl sites for hydroxylation is 1. The van der Waals surface area contributed by atoms with Gasteiger partial charge in [-0.2, -0.15) is 0 Å². The highest BCUT2D eigenvalue weighted by Gasteiger charge is 2.24. The highest BCUT2D eigenvalue weighted by Crippen LogP contribution is 2.19. The van der Waals surface area contributed by atoms with Crippen molar-refractivity contribution in [3.8, 4) is 0 Å². The third-order valence-corrected chi connectivity index (χ3v) is 4.21. The molecule has 2 heterocycles. The van der Waals surface area contributed by atoms with E-state index in [9.17, 15) is 14.0 Å². The number of benzene rings is 1. The van der Waals surface area contributed by atoms with Gasteiger partial charge >= 0.3 is 0 Å². The highest BCUT2D eigenvalue weighted by molar-refractivity contribution is 5.98. The third kappa shape index (κ3) is 3.02. The van der Waals surface area contributed by atoms with Gasteiger partial charge in [0.1, 0.15) is 5.82 Å². The lowest BCUT2D eigenvalue weighted by atomic mass is 10.1. The Balaban J connectivity index is 1.85. The summed E-state index contributed by atoms with van der Waals surface area (Å²) in [5, 5.41) is 0.739. The number of hydrogen-bond donors (Lipinski definition) is 0. The fraction of sp³-hybridized carbons (Fsp3) is 0.353. The second kappa shape index (κ2) is 5.95. The van der Waals surface area contributed by atoms with Crippen LogP contribution < -0.4 is 0 Å². The van der Waals surface area contributed by atoms with E-state index in [4.69, 9.17) is 0 Å². The van der Waals surface area contributed by atoms with E-state index in [1.54, 1.807) is 28.9 Å². The first-order valence-electron chi connectivity index (χ1n) is 7.57. The fourth-order valence-electron chi connectivity index (χ4n) is 2.85. The molecule has 1 saturated heterocycles. The molecule has 1 fully saturated rings. The molecule has 0 aliphatic carbocycles.